The Hall–Kier alpha value is -4.15. The second-order valence-electron chi connectivity index (χ2n) is 6.65. The Morgan fingerprint density at radius 2 is 1.74 bits per heavy atom. The summed E-state index contributed by atoms with van der Waals surface area (Å²) in [7, 11) is 0. The summed E-state index contributed by atoms with van der Waals surface area (Å²) in [6.07, 6.45) is -3.33. The molecule has 0 saturated carbocycles. The number of nitrogens with zero attached hydrogens (tertiary/aromatic N) is 4. The van der Waals surface area contributed by atoms with Gasteiger partial charge in [0.05, 0.1) is 17.5 Å². The van der Waals surface area contributed by atoms with Crippen LogP contribution in [0, 0.1) is 6.92 Å². The van der Waals surface area contributed by atoms with E-state index in [9.17, 15) is 18.0 Å². The molecule has 1 aromatic carbocycles. The molecule has 0 aliphatic heterocycles. The summed E-state index contributed by atoms with van der Waals surface area (Å²) in [6.45, 7) is 1.49. The van der Waals surface area contributed by atoms with Crippen LogP contribution in [0.2, 0.25) is 0 Å². The number of H-pyrrole nitrogens is 1. The molecule has 5 rings (SSSR count). The Morgan fingerprint density at radius 3 is 2.42 bits per heavy atom. The van der Waals surface area contributed by atoms with Crippen molar-refractivity contribution >= 4 is 5.65 Å². The number of hydrogen-bond donors (Lipinski definition) is 1. The molecule has 0 atom stereocenters. The smallest absolute Gasteiger partial charge is 0.433 e. The third-order valence-corrected chi connectivity index (χ3v) is 4.68. The highest BCUT2D eigenvalue weighted by atomic mass is 19.4. The van der Waals surface area contributed by atoms with E-state index in [-0.39, 0.29) is 45.6 Å². The van der Waals surface area contributed by atoms with Crippen molar-refractivity contribution in [2.75, 3.05) is 0 Å². The van der Waals surface area contributed by atoms with Gasteiger partial charge in [-0.15, -0.1) is 10.2 Å². The van der Waals surface area contributed by atoms with Gasteiger partial charge in [0.2, 0.25) is 0 Å². The van der Waals surface area contributed by atoms with E-state index in [1.165, 1.54) is 25.3 Å². The number of aromatic nitrogens is 5. The van der Waals surface area contributed by atoms with Gasteiger partial charge in [0.1, 0.15) is 11.3 Å². The van der Waals surface area contributed by atoms with E-state index in [0.717, 1.165) is 4.52 Å². The van der Waals surface area contributed by atoms with Gasteiger partial charge in [-0.05, 0) is 24.6 Å². The van der Waals surface area contributed by atoms with Crippen molar-refractivity contribution in [3.05, 3.63) is 70.5 Å². The molecule has 0 aliphatic carbocycles. The van der Waals surface area contributed by atoms with Crippen molar-refractivity contribution in [3.63, 3.8) is 0 Å². The van der Waals surface area contributed by atoms with Crippen LogP contribution in [0.4, 0.5) is 13.2 Å². The Morgan fingerprint density at radius 1 is 1.00 bits per heavy atom. The summed E-state index contributed by atoms with van der Waals surface area (Å²) < 4.78 is 52.7. The first-order valence-corrected chi connectivity index (χ1v) is 9.00. The highest BCUT2D eigenvalue weighted by Crippen LogP contribution is 2.38. The Kier molecular flexibility index (Phi) is 4.07. The summed E-state index contributed by atoms with van der Waals surface area (Å²) in [6, 6.07) is 11.1. The van der Waals surface area contributed by atoms with Crippen LogP contribution in [0.1, 0.15) is 11.4 Å². The van der Waals surface area contributed by atoms with Crippen LogP contribution in [-0.4, -0.2) is 24.8 Å². The summed E-state index contributed by atoms with van der Waals surface area (Å²) in [4.78, 5) is 17.4. The van der Waals surface area contributed by atoms with Crippen molar-refractivity contribution in [3.8, 4) is 34.2 Å². The van der Waals surface area contributed by atoms with E-state index >= 15 is 0 Å². The molecular weight excluding hydrogens is 415 g/mol. The molecule has 0 radical (unpaired) electrons. The minimum Gasteiger partial charge on any atom is -0.459 e. The first-order chi connectivity index (χ1) is 14.8. The Balaban J connectivity index is 1.77. The molecule has 0 fully saturated rings. The molecule has 4 heterocycles. The van der Waals surface area contributed by atoms with Crippen LogP contribution < -0.4 is 5.56 Å². The lowest BCUT2D eigenvalue weighted by Crippen LogP contribution is -2.20. The van der Waals surface area contributed by atoms with E-state index in [1.54, 1.807) is 30.3 Å². The third kappa shape index (κ3) is 3.01. The highest BCUT2D eigenvalue weighted by molar-refractivity contribution is 5.81. The molecule has 31 heavy (non-hydrogen) atoms. The average Bonchev–Trinajstić information content (AvgIpc) is 3.47. The van der Waals surface area contributed by atoms with E-state index in [2.05, 4.69) is 20.3 Å². The van der Waals surface area contributed by atoms with Gasteiger partial charge in [-0.25, -0.2) is 4.98 Å². The summed E-state index contributed by atoms with van der Waals surface area (Å²) >= 11 is 0. The van der Waals surface area contributed by atoms with Gasteiger partial charge in [-0.1, -0.05) is 30.3 Å². The molecule has 0 spiro atoms. The van der Waals surface area contributed by atoms with Crippen LogP contribution >= 0.6 is 0 Å². The van der Waals surface area contributed by atoms with Crippen LogP contribution in [0.15, 0.2) is 62.4 Å². The zero-order valence-electron chi connectivity index (χ0n) is 15.8. The topological polar surface area (TPSA) is 102 Å². The molecule has 1 N–H and O–H groups in total. The number of nitrogens with one attached hydrogen (secondary N) is 1. The minimum absolute atomic E-state index is 0.0244. The molecule has 156 valence electrons. The second kappa shape index (κ2) is 6.69. The largest absolute Gasteiger partial charge is 0.459 e. The Labute approximate surface area is 171 Å². The average molecular weight is 427 g/mol. The Bertz CT molecular complexity index is 1450. The molecule has 0 bridgehead atoms. The zero-order chi connectivity index (χ0) is 21.8. The first-order valence-electron chi connectivity index (χ1n) is 9.00. The monoisotopic (exact) mass is 427 g/mol. The van der Waals surface area contributed by atoms with Crippen molar-refractivity contribution in [1.29, 1.82) is 0 Å². The zero-order valence-corrected chi connectivity index (χ0v) is 15.8. The summed E-state index contributed by atoms with van der Waals surface area (Å²) in [5.74, 6) is 0.132. The van der Waals surface area contributed by atoms with Gasteiger partial charge in [0, 0.05) is 0 Å². The minimum atomic E-state index is -4.74. The van der Waals surface area contributed by atoms with Crippen LogP contribution in [0.5, 0.6) is 0 Å². The van der Waals surface area contributed by atoms with Crippen LogP contribution in [-0.2, 0) is 6.18 Å². The standard InChI is InChI=1S/C20H12F3N5O3/c1-10-13(18-26-25-17(31-18)12-8-5-9-30-12)19(29)28-16(24-10)14(11-6-3-2-4-7-11)15(27-28)20(21,22)23/h2-9,27H,1H3. The van der Waals surface area contributed by atoms with Gasteiger partial charge in [0.25, 0.3) is 17.3 Å². The number of furan rings is 1. The second-order valence-corrected chi connectivity index (χ2v) is 6.65. The number of benzene rings is 1. The first kappa shape index (κ1) is 18.9. The van der Waals surface area contributed by atoms with Crippen LogP contribution in [0.3, 0.4) is 0 Å². The normalized spacial score (nSPS) is 12.0. The lowest BCUT2D eigenvalue weighted by molar-refractivity contribution is -0.140. The van der Waals surface area contributed by atoms with Gasteiger partial charge in [0.15, 0.2) is 11.4 Å². The van der Waals surface area contributed by atoms with Crippen molar-refractivity contribution in [2.24, 2.45) is 0 Å². The lowest BCUT2D eigenvalue weighted by atomic mass is 10.1. The number of aryl methyl sites for hydroxylation is 1. The fraction of sp³-hybridized carbons (Fsp3) is 0.100. The number of rotatable bonds is 3. The number of aromatic amines is 1. The molecule has 4 aromatic heterocycles. The molecule has 8 nitrogen and oxygen atoms in total. The molecule has 0 unspecified atom stereocenters. The molecule has 11 heteroatoms. The highest BCUT2D eigenvalue weighted by Gasteiger charge is 2.38. The van der Waals surface area contributed by atoms with Gasteiger partial charge in [-0.3, -0.25) is 9.89 Å². The summed E-state index contributed by atoms with van der Waals surface area (Å²) in [5.41, 5.74) is -1.96. The van der Waals surface area contributed by atoms with Crippen LogP contribution in [0.25, 0.3) is 39.9 Å². The molecule has 5 aromatic rings. The van der Waals surface area contributed by atoms with E-state index in [1.807, 2.05) is 0 Å². The molecule has 0 saturated heterocycles. The number of hydrogen-bond acceptors (Lipinski definition) is 6. The maximum atomic E-state index is 13.8. The van der Waals surface area contributed by atoms with Crippen molar-refractivity contribution in [2.45, 2.75) is 13.1 Å². The fourth-order valence-corrected chi connectivity index (χ4v) is 3.33. The number of alkyl halides is 3. The SMILES string of the molecule is Cc1nc2c(-c3ccccc3)c(C(F)(F)F)[nH]n2c(=O)c1-c1nnc(-c2ccco2)o1. The third-order valence-electron chi connectivity index (χ3n) is 4.68. The van der Waals surface area contributed by atoms with Crippen molar-refractivity contribution < 1.29 is 22.0 Å². The summed E-state index contributed by atoms with van der Waals surface area (Å²) in [5, 5.41) is 9.82. The fourth-order valence-electron chi connectivity index (χ4n) is 3.33. The molecule has 0 amide bonds. The van der Waals surface area contributed by atoms with Gasteiger partial charge >= 0.3 is 6.18 Å². The van der Waals surface area contributed by atoms with Gasteiger partial charge < -0.3 is 8.83 Å². The predicted octanol–water partition coefficient (Wildman–Crippen LogP) is 4.33. The van der Waals surface area contributed by atoms with Crippen molar-refractivity contribution in [1.82, 2.24) is 24.8 Å². The lowest BCUT2D eigenvalue weighted by Gasteiger charge is -2.07. The number of halogens is 3. The maximum Gasteiger partial charge on any atom is 0.433 e. The maximum absolute atomic E-state index is 13.8. The van der Waals surface area contributed by atoms with E-state index in [4.69, 9.17) is 8.83 Å². The molecular formula is C20H12F3N5O3. The predicted molar refractivity (Wildman–Crippen MR) is 102 cm³/mol. The van der Waals surface area contributed by atoms with Gasteiger partial charge in [-0.2, -0.15) is 17.7 Å². The number of fused-ring (bicyclic) bond motifs is 1. The molecule has 0 aliphatic rings. The quantitative estimate of drug-likeness (QED) is 0.460. The van der Waals surface area contributed by atoms with E-state index in [0.29, 0.717) is 0 Å². The van der Waals surface area contributed by atoms with E-state index < -0.39 is 17.4 Å².